The number of thiazole rings is 1. The molecule has 0 fully saturated rings. The summed E-state index contributed by atoms with van der Waals surface area (Å²) in [5.41, 5.74) is 1.45. The van der Waals surface area contributed by atoms with E-state index in [2.05, 4.69) is 11.6 Å². The molecule has 3 rings (SSSR count). The standard InChI is InChI=1S/C19H17FN2O3S2/c1-3-10-22-16-9-6-14(20)12-17(16)26-19(22)21-18(23)11-13-4-7-15(8-5-13)27(2,24)25/h3-9,12H,1,10-11H2,2H3. The molecule has 1 heterocycles. The van der Waals surface area contributed by atoms with E-state index in [0.29, 0.717) is 21.6 Å². The van der Waals surface area contributed by atoms with Crippen molar-refractivity contribution >= 4 is 37.3 Å². The molecule has 0 atom stereocenters. The van der Waals surface area contributed by atoms with Gasteiger partial charge in [0.1, 0.15) is 5.82 Å². The Labute approximate surface area is 160 Å². The van der Waals surface area contributed by atoms with Crippen LogP contribution in [0.1, 0.15) is 5.56 Å². The smallest absolute Gasteiger partial charge is 0.252 e. The van der Waals surface area contributed by atoms with Crippen LogP contribution in [0.3, 0.4) is 0 Å². The van der Waals surface area contributed by atoms with Gasteiger partial charge in [-0.05, 0) is 35.9 Å². The van der Waals surface area contributed by atoms with Crippen molar-refractivity contribution in [2.24, 2.45) is 4.99 Å². The Balaban J connectivity index is 1.93. The van der Waals surface area contributed by atoms with Gasteiger partial charge in [-0.2, -0.15) is 4.99 Å². The summed E-state index contributed by atoms with van der Waals surface area (Å²) in [6.45, 7) is 4.16. The van der Waals surface area contributed by atoms with Crippen LogP contribution in [0, 0.1) is 5.82 Å². The number of benzene rings is 2. The molecule has 0 saturated heterocycles. The van der Waals surface area contributed by atoms with Crippen LogP contribution in [0.25, 0.3) is 10.2 Å². The number of carbonyl (C=O) groups excluding carboxylic acids is 1. The number of hydrogen-bond donors (Lipinski definition) is 0. The lowest BCUT2D eigenvalue weighted by Gasteiger charge is -2.02. The first-order valence-corrected chi connectivity index (χ1v) is 10.7. The van der Waals surface area contributed by atoms with Crippen molar-refractivity contribution in [3.63, 3.8) is 0 Å². The zero-order chi connectivity index (χ0) is 19.6. The normalized spacial score (nSPS) is 12.4. The monoisotopic (exact) mass is 404 g/mol. The number of sulfone groups is 1. The van der Waals surface area contributed by atoms with Crippen LogP contribution < -0.4 is 4.80 Å². The van der Waals surface area contributed by atoms with Crippen molar-refractivity contribution in [3.05, 3.63) is 71.3 Å². The van der Waals surface area contributed by atoms with Crippen LogP contribution >= 0.6 is 11.3 Å². The number of fused-ring (bicyclic) bond motifs is 1. The van der Waals surface area contributed by atoms with Crippen LogP contribution in [-0.4, -0.2) is 25.1 Å². The fourth-order valence-corrected chi connectivity index (χ4v) is 4.33. The van der Waals surface area contributed by atoms with Crippen molar-refractivity contribution < 1.29 is 17.6 Å². The fourth-order valence-electron chi connectivity index (χ4n) is 2.61. The molecular weight excluding hydrogens is 387 g/mol. The van der Waals surface area contributed by atoms with Crippen LogP contribution in [0.2, 0.25) is 0 Å². The highest BCUT2D eigenvalue weighted by Crippen LogP contribution is 2.19. The maximum atomic E-state index is 13.5. The van der Waals surface area contributed by atoms with E-state index in [0.717, 1.165) is 11.8 Å². The first-order valence-electron chi connectivity index (χ1n) is 8.04. The van der Waals surface area contributed by atoms with E-state index < -0.39 is 9.84 Å². The summed E-state index contributed by atoms with van der Waals surface area (Å²) in [5, 5.41) is 0. The second kappa shape index (κ2) is 7.58. The molecule has 1 aromatic heterocycles. The van der Waals surface area contributed by atoms with E-state index in [1.165, 1.54) is 35.6 Å². The molecule has 8 heteroatoms. The highest BCUT2D eigenvalue weighted by molar-refractivity contribution is 7.90. The molecule has 0 bridgehead atoms. The van der Waals surface area contributed by atoms with Gasteiger partial charge in [0.2, 0.25) is 0 Å². The highest BCUT2D eigenvalue weighted by atomic mass is 32.2. The summed E-state index contributed by atoms with van der Waals surface area (Å²) in [5.74, 6) is -0.717. The summed E-state index contributed by atoms with van der Waals surface area (Å²) in [6.07, 6.45) is 2.86. The summed E-state index contributed by atoms with van der Waals surface area (Å²) in [7, 11) is -3.28. The lowest BCUT2D eigenvalue weighted by atomic mass is 10.1. The third-order valence-corrected chi connectivity index (χ3v) is 6.05. The van der Waals surface area contributed by atoms with Gasteiger partial charge in [0.15, 0.2) is 14.6 Å². The van der Waals surface area contributed by atoms with E-state index >= 15 is 0 Å². The number of carbonyl (C=O) groups is 1. The number of amides is 1. The van der Waals surface area contributed by atoms with Gasteiger partial charge in [-0.3, -0.25) is 4.79 Å². The zero-order valence-corrected chi connectivity index (χ0v) is 16.2. The van der Waals surface area contributed by atoms with Crippen LogP contribution in [0.15, 0.2) is 65.0 Å². The van der Waals surface area contributed by atoms with Gasteiger partial charge in [-0.25, -0.2) is 12.8 Å². The molecule has 0 radical (unpaired) electrons. The Morgan fingerprint density at radius 2 is 1.96 bits per heavy atom. The Kier molecular flexibility index (Phi) is 5.38. The molecule has 140 valence electrons. The van der Waals surface area contributed by atoms with Crippen molar-refractivity contribution in [1.29, 1.82) is 0 Å². The van der Waals surface area contributed by atoms with Crippen LogP contribution in [-0.2, 0) is 27.6 Å². The number of allylic oxidation sites excluding steroid dienone is 1. The van der Waals surface area contributed by atoms with Gasteiger partial charge in [0.25, 0.3) is 5.91 Å². The first kappa shape index (κ1) is 19.2. The summed E-state index contributed by atoms with van der Waals surface area (Å²) in [4.78, 5) is 17.2. The number of aromatic nitrogens is 1. The molecule has 5 nitrogen and oxygen atoms in total. The van der Waals surface area contributed by atoms with E-state index in [1.807, 2.05) is 0 Å². The van der Waals surface area contributed by atoms with E-state index in [4.69, 9.17) is 0 Å². The molecule has 0 aliphatic carbocycles. The molecule has 2 aromatic carbocycles. The van der Waals surface area contributed by atoms with Gasteiger partial charge in [-0.15, -0.1) is 6.58 Å². The van der Waals surface area contributed by atoms with Crippen molar-refractivity contribution in [1.82, 2.24) is 4.57 Å². The largest absolute Gasteiger partial charge is 0.313 e. The third kappa shape index (κ3) is 4.40. The summed E-state index contributed by atoms with van der Waals surface area (Å²) < 4.78 is 39.0. The minimum Gasteiger partial charge on any atom is -0.313 e. The fraction of sp³-hybridized carbons (Fsp3) is 0.158. The molecule has 0 aliphatic rings. The summed E-state index contributed by atoms with van der Waals surface area (Å²) >= 11 is 1.23. The van der Waals surface area contributed by atoms with E-state index in [9.17, 15) is 17.6 Å². The maximum absolute atomic E-state index is 13.5. The number of rotatable bonds is 5. The average Bonchev–Trinajstić information content (AvgIpc) is 2.91. The van der Waals surface area contributed by atoms with Gasteiger partial charge in [0.05, 0.1) is 21.5 Å². The average molecular weight is 404 g/mol. The zero-order valence-electron chi connectivity index (χ0n) is 14.6. The van der Waals surface area contributed by atoms with Gasteiger partial charge in [0, 0.05) is 12.8 Å². The minimum atomic E-state index is -3.28. The predicted octanol–water partition coefficient (Wildman–Crippen LogP) is 3.10. The lowest BCUT2D eigenvalue weighted by molar-refractivity contribution is -0.117. The molecular formula is C19H17FN2O3S2. The second-order valence-corrected chi connectivity index (χ2v) is 9.02. The number of nitrogens with zero attached hydrogens (tertiary/aromatic N) is 2. The number of hydrogen-bond acceptors (Lipinski definition) is 4. The van der Waals surface area contributed by atoms with Gasteiger partial charge in [-0.1, -0.05) is 29.5 Å². The SMILES string of the molecule is C=CCn1c(=NC(=O)Cc2ccc(S(C)(=O)=O)cc2)sc2cc(F)ccc21. The molecule has 0 aliphatic heterocycles. The molecule has 0 saturated carbocycles. The molecule has 0 spiro atoms. The quantitative estimate of drug-likeness (QED) is 0.614. The van der Waals surface area contributed by atoms with E-state index in [-0.39, 0.29) is 23.0 Å². The molecule has 1 amide bonds. The summed E-state index contributed by atoms with van der Waals surface area (Å²) in [6, 6.07) is 10.6. The van der Waals surface area contributed by atoms with Crippen LogP contribution in [0.5, 0.6) is 0 Å². The van der Waals surface area contributed by atoms with E-state index in [1.54, 1.807) is 28.8 Å². The molecule has 3 aromatic rings. The molecule has 0 unspecified atom stereocenters. The molecule has 0 N–H and O–H groups in total. The maximum Gasteiger partial charge on any atom is 0.252 e. The second-order valence-electron chi connectivity index (χ2n) is 5.99. The third-order valence-electron chi connectivity index (χ3n) is 3.88. The minimum absolute atomic E-state index is 0.0424. The Morgan fingerprint density at radius 1 is 1.26 bits per heavy atom. The Bertz CT molecular complexity index is 1190. The predicted molar refractivity (Wildman–Crippen MR) is 104 cm³/mol. The Morgan fingerprint density at radius 3 is 2.59 bits per heavy atom. The van der Waals surface area contributed by atoms with Gasteiger partial charge >= 0.3 is 0 Å². The number of halogens is 1. The lowest BCUT2D eigenvalue weighted by Crippen LogP contribution is -2.16. The van der Waals surface area contributed by atoms with Gasteiger partial charge < -0.3 is 4.57 Å². The highest BCUT2D eigenvalue weighted by Gasteiger charge is 2.10. The Hall–Kier alpha value is -2.58. The van der Waals surface area contributed by atoms with Crippen LogP contribution in [0.4, 0.5) is 4.39 Å². The van der Waals surface area contributed by atoms with Crippen molar-refractivity contribution in [2.75, 3.05) is 6.26 Å². The topological polar surface area (TPSA) is 68.5 Å². The van der Waals surface area contributed by atoms with Crippen molar-refractivity contribution in [3.8, 4) is 0 Å². The molecule has 27 heavy (non-hydrogen) atoms. The van der Waals surface area contributed by atoms with Crippen molar-refractivity contribution in [2.45, 2.75) is 17.9 Å². The first-order chi connectivity index (χ1) is 12.8.